The van der Waals surface area contributed by atoms with Gasteiger partial charge in [-0.3, -0.25) is 0 Å². The minimum absolute atomic E-state index is 0.171. The third kappa shape index (κ3) is 2.58. The number of hydrogen-bond acceptors (Lipinski definition) is 3. The second-order valence-corrected chi connectivity index (χ2v) is 5.10. The quantitative estimate of drug-likeness (QED) is 0.771. The molecule has 1 aromatic heterocycles. The summed E-state index contributed by atoms with van der Waals surface area (Å²) in [5, 5.41) is 5.08. The molecule has 0 aliphatic rings. The van der Waals surface area contributed by atoms with Gasteiger partial charge in [-0.05, 0) is 30.7 Å². The van der Waals surface area contributed by atoms with Crippen LogP contribution in [0.5, 0.6) is 0 Å². The summed E-state index contributed by atoms with van der Waals surface area (Å²) >= 11 is 5.99. The fraction of sp³-hybridized carbons (Fsp3) is 0.125. The number of nitrogens with one attached hydrogen (secondary N) is 1. The Morgan fingerprint density at radius 3 is 2.65 bits per heavy atom. The molecule has 1 N–H and O–H groups in total. The van der Waals surface area contributed by atoms with Crippen molar-refractivity contribution >= 4 is 28.3 Å². The molecule has 20 heavy (non-hydrogen) atoms. The highest BCUT2D eigenvalue weighted by Crippen LogP contribution is 2.25. The second kappa shape index (κ2) is 5.47. The first-order chi connectivity index (χ1) is 9.74. The van der Waals surface area contributed by atoms with Gasteiger partial charge in [-0.1, -0.05) is 41.9 Å². The van der Waals surface area contributed by atoms with Gasteiger partial charge >= 0.3 is 0 Å². The molecule has 2 aromatic carbocycles. The van der Waals surface area contributed by atoms with Crippen molar-refractivity contribution in [3.05, 3.63) is 65.4 Å². The van der Waals surface area contributed by atoms with Crippen LogP contribution in [0.2, 0.25) is 5.02 Å². The fourth-order valence-corrected chi connectivity index (χ4v) is 2.34. The van der Waals surface area contributed by atoms with Crippen LogP contribution in [0, 0.1) is 0 Å². The number of halogens is 1. The third-order valence-electron chi connectivity index (χ3n) is 3.25. The summed E-state index contributed by atoms with van der Waals surface area (Å²) in [6.45, 7) is 2.11. The first-order valence-corrected chi connectivity index (χ1v) is 6.83. The number of nitrogens with zero attached hydrogens (tertiary/aromatic N) is 2. The standard InChI is InChI=1S/C16H14ClN3/c1-11(12-5-3-2-4-6-12)20-16-14-8-7-13(17)9-15(14)18-10-19-16/h2-11H,1H3,(H,18,19,20). The smallest absolute Gasteiger partial charge is 0.137 e. The summed E-state index contributed by atoms with van der Waals surface area (Å²) in [6.07, 6.45) is 1.55. The van der Waals surface area contributed by atoms with E-state index in [2.05, 4.69) is 34.3 Å². The number of hydrogen-bond donors (Lipinski definition) is 1. The van der Waals surface area contributed by atoms with E-state index in [0.717, 1.165) is 16.7 Å². The number of anilines is 1. The zero-order chi connectivity index (χ0) is 13.9. The van der Waals surface area contributed by atoms with Crippen molar-refractivity contribution in [1.82, 2.24) is 9.97 Å². The van der Waals surface area contributed by atoms with E-state index in [9.17, 15) is 0 Å². The molecule has 0 saturated heterocycles. The SMILES string of the molecule is CC(Nc1ncnc2cc(Cl)ccc12)c1ccccc1. The van der Waals surface area contributed by atoms with Gasteiger partial charge < -0.3 is 5.32 Å². The number of fused-ring (bicyclic) bond motifs is 1. The van der Waals surface area contributed by atoms with Crippen molar-refractivity contribution in [3.8, 4) is 0 Å². The molecule has 1 unspecified atom stereocenters. The minimum Gasteiger partial charge on any atom is -0.363 e. The predicted molar refractivity (Wildman–Crippen MR) is 83.0 cm³/mol. The molecule has 0 fully saturated rings. The van der Waals surface area contributed by atoms with Gasteiger partial charge in [0, 0.05) is 16.5 Å². The summed E-state index contributed by atoms with van der Waals surface area (Å²) in [5.41, 5.74) is 2.06. The fourth-order valence-electron chi connectivity index (χ4n) is 2.18. The third-order valence-corrected chi connectivity index (χ3v) is 3.49. The molecule has 4 heteroatoms. The molecule has 0 amide bonds. The Kier molecular flexibility index (Phi) is 3.52. The first kappa shape index (κ1) is 12.9. The molecule has 0 bridgehead atoms. The van der Waals surface area contributed by atoms with Crippen LogP contribution >= 0.6 is 11.6 Å². The van der Waals surface area contributed by atoms with E-state index >= 15 is 0 Å². The maximum Gasteiger partial charge on any atom is 0.137 e. The van der Waals surface area contributed by atoms with Gasteiger partial charge in [0.15, 0.2) is 0 Å². The lowest BCUT2D eigenvalue weighted by molar-refractivity contribution is 0.876. The zero-order valence-corrected chi connectivity index (χ0v) is 11.8. The summed E-state index contributed by atoms with van der Waals surface area (Å²) < 4.78 is 0. The summed E-state index contributed by atoms with van der Waals surface area (Å²) in [6, 6.07) is 16.1. The lowest BCUT2D eigenvalue weighted by atomic mass is 10.1. The molecular formula is C16H14ClN3. The Bertz CT molecular complexity index is 728. The molecule has 3 nitrogen and oxygen atoms in total. The highest BCUT2D eigenvalue weighted by atomic mass is 35.5. The van der Waals surface area contributed by atoms with E-state index in [1.807, 2.05) is 36.4 Å². The van der Waals surface area contributed by atoms with Gasteiger partial charge in [0.1, 0.15) is 12.1 Å². The average Bonchev–Trinajstić information content (AvgIpc) is 2.48. The zero-order valence-electron chi connectivity index (χ0n) is 11.0. The highest BCUT2D eigenvalue weighted by Gasteiger charge is 2.09. The molecule has 0 radical (unpaired) electrons. The Morgan fingerprint density at radius 1 is 1.05 bits per heavy atom. The monoisotopic (exact) mass is 283 g/mol. The van der Waals surface area contributed by atoms with Gasteiger partial charge in [-0.25, -0.2) is 9.97 Å². The molecule has 1 heterocycles. The van der Waals surface area contributed by atoms with Crippen molar-refractivity contribution < 1.29 is 0 Å². The van der Waals surface area contributed by atoms with Crippen molar-refractivity contribution in [2.45, 2.75) is 13.0 Å². The molecule has 0 saturated carbocycles. The largest absolute Gasteiger partial charge is 0.363 e. The van der Waals surface area contributed by atoms with Crippen LogP contribution in [0.4, 0.5) is 5.82 Å². The van der Waals surface area contributed by atoms with Crippen LogP contribution in [-0.2, 0) is 0 Å². The van der Waals surface area contributed by atoms with Crippen molar-refractivity contribution in [2.75, 3.05) is 5.32 Å². The summed E-state index contributed by atoms with van der Waals surface area (Å²) in [7, 11) is 0. The van der Waals surface area contributed by atoms with Gasteiger partial charge in [0.05, 0.1) is 5.52 Å². The van der Waals surface area contributed by atoms with Crippen LogP contribution < -0.4 is 5.32 Å². The topological polar surface area (TPSA) is 37.8 Å². The van der Waals surface area contributed by atoms with Crippen LogP contribution in [-0.4, -0.2) is 9.97 Å². The Balaban J connectivity index is 1.95. The maximum atomic E-state index is 5.99. The molecular weight excluding hydrogens is 270 g/mol. The normalized spacial score (nSPS) is 12.3. The number of rotatable bonds is 3. The Hall–Kier alpha value is -2.13. The van der Waals surface area contributed by atoms with E-state index < -0.39 is 0 Å². The molecule has 0 aliphatic carbocycles. The minimum atomic E-state index is 0.171. The van der Waals surface area contributed by atoms with Gasteiger partial charge in [-0.2, -0.15) is 0 Å². The van der Waals surface area contributed by atoms with Crippen LogP contribution in [0.1, 0.15) is 18.5 Å². The number of benzene rings is 2. The Morgan fingerprint density at radius 2 is 1.85 bits per heavy atom. The maximum absolute atomic E-state index is 5.99. The number of aromatic nitrogens is 2. The molecule has 3 rings (SSSR count). The van der Waals surface area contributed by atoms with Crippen LogP contribution in [0.15, 0.2) is 54.9 Å². The lowest BCUT2D eigenvalue weighted by Gasteiger charge is -2.16. The van der Waals surface area contributed by atoms with Gasteiger partial charge in [-0.15, -0.1) is 0 Å². The molecule has 1 atom stereocenters. The summed E-state index contributed by atoms with van der Waals surface area (Å²) in [5.74, 6) is 0.822. The lowest BCUT2D eigenvalue weighted by Crippen LogP contribution is -2.08. The molecule has 3 aromatic rings. The van der Waals surface area contributed by atoms with E-state index in [4.69, 9.17) is 11.6 Å². The molecule has 0 spiro atoms. The van der Waals surface area contributed by atoms with E-state index in [1.54, 1.807) is 6.33 Å². The van der Waals surface area contributed by atoms with Crippen molar-refractivity contribution in [2.24, 2.45) is 0 Å². The average molecular weight is 284 g/mol. The van der Waals surface area contributed by atoms with Crippen molar-refractivity contribution in [3.63, 3.8) is 0 Å². The van der Waals surface area contributed by atoms with E-state index in [1.165, 1.54) is 5.56 Å². The molecule has 100 valence electrons. The van der Waals surface area contributed by atoms with Gasteiger partial charge in [0.2, 0.25) is 0 Å². The van der Waals surface area contributed by atoms with Gasteiger partial charge in [0.25, 0.3) is 0 Å². The summed E-state index contributed by atoms with van der Waals surface area (Å²) in [4.78, 5) is 8.58. The van der Waals surface area contributed by atoms with E-state index in [-0.39, 0.29) is 6.04 Å². The van der Waals surface area contributed by atoms with Crippen molar-refractivity contribution in [1.29, 1.82) is 0 Å². The molecule has 0 aliphatic heterocycles. The highest BCUT2D eigenvalue weighted by molar-refractivity contribution is 6.31. The predicted octanol–water partition coefficient (Wildman–Crippen LogP) is 4.46. The van der Waals surface area contributed by atoms with E-state index in [0.29, 0.717) is 5.02 Å². The van der Waals surface area contributed by atoms with Crippen LogP contribution in [0.3, 0.4) is 0 Å². The van der Waals surface area contributed by atoms with Crippen LogP contribution in [0.25, 0.3) is 10.9 Å². The second-order valence-electron chi connectivity index (χ2n) is 4.66. The first-order valence-electron chi connectivity index (χ1n) is 6.46. The Labute approximate surface area is 122 Å².